The highest BCUT2D eigenvalue weighted by molar-refractivity contribution is 6.03. The Morgan fingerprint density at radius 1 is 1.26 bits per heavy atom. The number of anilines is 1. The molecule has 0 atom stereocenters. The molecule has 1 heterocycles. The van der Waals surface area contributed by atoms with Crippen LogP contribution in [0.4, 0.5) is 5.69 Å². The Morgan fingerprint density at radius 2 is 1.96 bits per heavy atom. The number of carboxylic acids is 1. The molecular formula is C17H21N3O3. The smallest absolute Gasteiger partial charge is 0.307 e. The summed E-state index contributed by atoms with van der Waals surface area (Å²) in [5.41, 5.74) is 2.35. The molecule has 0 aliphatic rings. The lowest BCUT2D eigenvalue weighted by Crippen LogP contribution is -2.16. The minimum absolute atomic E-state index is 0.0798. The lowest BCUT2D eigenvalue weighted by molar-refractivity contribution is -0.136. The number of nitrogens with one attached hydrogen (secondary N) is 1. The van der Waals surface area contributed by atoms with Gasteiger partial charge >= 0.3 is 5.97 Å². The first kappa shape index (κ1) is 16.7. The van der Waals surface area contributed by atoms with Crippen LogP contribution < -0.4 is 5.32 Å². The summed E-state index contributed by atoms with van der Waals surface area (Å²) in [5.74, 6) is -1.18. The van der Waals surface area contributed by atoms with E-state index in [4.69, 9.17) is 5.11 Å². The zero-order valence-corrected chi connectivity index (χ0v) is 13.8. The van der Waals surface area contributed by atoms with E-state index in [-0.39, 0.29) is 17.7 Å². The fraction of sp³-hybridized carbons (Fsp3) is 0.353. The molecule has 0 spiro atoms. The van der Waals surface area contributed by atoms with Gasteiger partial charge in [0.05, 0.1) is 12.1 Å². The Hall–Kier alpha value is -2.63. The van der Waals surface area contributed by atoms with Crippen molar-refractivity contribution in [1.82, 2.24) is 9.78 Å². The molecule has 122 valence electrons. The molecule has 1 aromatic carbocycles. The fourth-order valence-electron chi connectivity index (χ4n) is 2.18. The quantitative estimate of drug-likeness (QED) is 0.908. The molecule has 0 fully saturated rings. The van der Waals surface area contributed by atoms with Crippen LogP contribution >= 0.6 is 0 Å². The normalized spacial score (nSPS) is 11.3. The van der Waals surface area contributed by atoms with Crippen molar-refractivity contribution in [2.75, 3.05) is 5.32 Å². The molecule has 1 amide bonds. The van der Waals surface area contributed by atoms with E-state index in [0.717, 1.165) is 5.69 Å². The second-order valence-electron chi connectivity index (χ2n) is 6.51. The molecule has 2 N–H and O–H groups in total. The van der Waals surface area contributed by atoms with Gasteiger partial charge in [0, 0.05) is 18.2 Å². The average molecular weight is 315 g/mol. The van der Waals surface area contributed by atoms with Crippen molar-refractivity contribution < 1.29 is 14.7 Å². The van der Waals surface area contributed by atoms with E-state index in [0.29, 0.717) is 16.9 Å². The Morgan fingerprint density at radius 3 is 2.52 bits per heavy atom. The monoisotopic (exact) mass is 315 g/mol. The van der Waals surface area contributed by atoms with Crippen molar-refractivity contribution in [1.29, 1.82) is 0 Å². The number of hydrogen-bond acceptors (Lipinski definition) is 3. The first-order valence-corrected chi connectivity index (χ1v) is 7.33. The maximum absolute atomic E-state index is 12.4. The van der Waals surface area contributed by atoms with Gasteiger partial charge in [-0.3, -0.25) is 14.3 Å². The fourth-order valence-corrected chi connectivity index (χ4v) is 2.18. The van der Waals surface area contributed by atoms with Crippen LogP contribution in [0.15, 0.2) is 30.3 Å². The molecular weight excluding hydrogens is 294 g/mol. The molecule has 0 saturated heterocycles. The van der Waals surface area contributed by atoms with Crippen LogP contribution in [-0.4, -0.2) is 26.8 Å². The Bertz CT molecular complexity index is 742. The van der Waals surface area contributed by atoms with Crippen molar-refractivity contribution in [2.24, 2.45) is 7.05 Å². The predicted octanol–water partition coefficient (Wildman–Crippen LogP) is 2.60. The van der Waals surface area contributed by atoms with Crippen LogP contribution in [0.5, 0.6) is 0 Å². The van der Waals surface area contributed by atoms with Crippen LogP contribution in [0, 0.1) is 0 Å². The summed E-state index contributed by atoms with van der Waals surface area (Å²) in [5, 5.41) is 16.0. The Labute approximate surface area is 135 Å². The van der Waals surface area contributed by atoms with E-state index in [1.54, 1.807) is 42.1 Å². The first-order valence-electron chi connectivity index (χ1n) is 7.33. The van der Waals surface area contributed by atoms with E-state index >= 15 is 0 Å². The Balaban J connectivity index is 2.19. The summed E-state index contributed by atoms with van der Waals surface area (Å²) < 4.78 is 1.55. The second kappa shape index (κ2) is 6.24. The zero-order chi connectivity index (χ0) is 17.2. The summed E-state index contributed by atoms with van der Waals surface area (Å²) in [7, 11) is 1.73. The van der Waals surface area contributed by atoms with Gasteiger partial charge in [-0.05, 0) is 23.8 Å². The van der Waals surface area contributed by atoms with Crippen molar-refractivity contribution >= 4 is 17.6 Å². The molecule has 6 nitrogen and oxygen atoms in total. The Kier molecular flexibility index (Phi) is 4.54. The summed E-state index contributed by atoms with van der Waals surface area (Å²) in [6, 6.07) is 8.59. The average Bonchev–Trinajstić information content (AvgIpc) is 2.80. The third-order valence-corrected chi connectivity index (χ3v) is 3.42. The molecule has 0 aliphatic carbocycles. The van der Waals surface area contributed by atoms with Gasteiger partial charge in [0.2, 0.25) is 0 Å². The van der Waals surface area contributed by atoms with E-state index < -0.39 is 5.97 Å². The third kappa shape index (κ3) is 4.18. The minimum Gasteiger partial charge on any atom is -0.481 e. The lowest BCUT2D eigenvalue weighted by atomic mass is 9.92. The van der Waals surface area contributed by atoms with Crippen LogP contribution in [0.2, 0.25) is 0 Å². The van der Waals surface area contributed by atoms with Gasteiger partial charge in [0.1, 0.15) is 5.69 Å². The molecule has 23 heavy (non-hydrogen) atoms. The standard InChI is InChI=1S/C17H21N3O3/c1-17(2,3)14-10-13(20(4)19-14)16(23)18-12-7-5-6-11(8-12)9-15(21)22/h5-8,10H,9H2,1-4H3,(H,18,23)(H,21,22). The summed E-state index contributed by atoms with van der Waals surface area (Å²) in [4.78, 5) is 23.2. The van der Waals surface area contributed by atoms with Crippen molar-refractivity contribution in [3.63, 3.8) is 0 Å². The molecule has 0 aliphatic heterocycles. The zero-order valence-electron chi connectivity index (χ0n) is 13.8. The van der Waals surface area contributed by atoms with Crippen LogP contribution in [0.3, 0.4) is 0 Å². The predicted molar refractivity (Wildman–Crippen MR) is 87.6 cm³/mol. The van der Waals surface area contributed by atoms with Gasteiger partial charge in [-0.1, -0.05) is 32.9 Å². The van der Waals surface area contributed by atoms with E-state index in [1.165, 1.54) is 0 Å². The largest absolute Gasteiger partial charge is 0.481 e. The molecule has 0 unspecified atom stereocenters. The van der Waals surface area contributed by atoms with E-state index in [9.17, 15) is 9.59 Å². The highest BCUT2D eigenvalue weighted by Gasteiger charge is 2.21. The maximum Gasteiger partial charge on any atom is 0.307 e. The van der Waals surface area contributed by atoms with Crippen LogP contribution in [0.25, 0.3) is 0 Å². The van der Waals surface area contributed by atoms with Gasteiger partial charge in [0.15, 0.2) is 0 Å². The number of rotatable bonds is 4. The third-order valence-electron chi connectivity index (χ3n) is 3.42. The molecule has 0 radical (unpaired) electrons. The first-order chi connectivity index (χ1) is 10.7. The maximum atomic E-state index is 12.4. The minimum atomic E-state index is -0.907. The SMILES string of the molecule is Cn1nc(C(C)(C)C)cc1C(=O)Nc1cccc(CC(=O)O)c1. The number of carbonyl (C=O) groups is 2. The summed E-state index contributed by atoms with van der Waals surface area (Å²) >= 11 is 0. The van der Waals surface area contributed by atoms with Gasteiger partial charge in [0.25, 0.3) is 5.91 Å². The number of benzene rings is 1. The molecule has 6 heteroatoms. The van der Waals surface area contributed by atoms with Crippen LogP contribution in [0.1, 0.15) is 42.5 Å². The van der Waals surface area contributed by atoms with Gasteiger partial charge in [-0.15, -0.1) is 0 Å². The van der Waals surface area contributed by atoms with E-state index in [2.05, 4.69) is 10.4 Å². The van der Waals surface area contributed by atoms with E-state index in [1.807, 2.05) is 20.8 Å². The van der Waals surface area contributed by atoms with Crippen molar-refractivity contribution in [2.45, 2.75) is 32.6 Å². The summed E-state index contributed by atoms with van der Waals surface area (Å²) in [6.07, 6.45) is -0.0798. The lowest BCUT2D eigenvalue weighted by Gasteiger charge is -2.13. The number of aromatic nitrogens is 2. The number of carboxylic acid groups (broad SMARTS) is 1. The number of carbonyl (C=O) groups excluding carboxylic acids is 1. The number of amides is 1. The topological polar surface area (TPSA) is 84.2 Å². The van der Waals surface area contributed by atoms with Crippen LogP contribution in [-0.2, 0) is 23.7 Å². The van der Waals surface area contributed by atoms with Gasteiger partial charge in [-0.25, -0.2) is 0 Å². The summed E-state index contributed by atoms with van der Waals surface area (Å²) in [6.45, 7) is 6.10. The number of hydrogen-bond donors (Lipinski definition) is 2. The molecule has 0 bridgehead atoms. The number of aryl methyl sites for hydroxylation is 1. The molecule has 1 aromatic heterocycles. The second-order valence-corrected chi connectivity index (χ2v) is 6.51. The molecule has 2 aromatic rings. The van der Waals surface area contributed by atoms with Crippen molar-refractivity contribution in [3.8, 4) is 0 Å². The van der Waals surface area contributed by atoms with Gasteiger partial charge in [-0.2, -0.15) is 5.10 Å². The number of nitrogens with zero attached hydrogens (tertiary/aromatic N) is 2. The highest BCUT2D eigenvalue weighted by atomic mass is 16.4. The molecule has 0 saturated carbocycles. The van der Waals surface area contributed by atoms with Crippen molar-refractivity contribution in [3.05, 3.63) is 47.3 Å². The number of aliphatic carboxylic acids is 1. The molecule has 2 rings (SSSR count). The van der Waals surface area contributed by atoms with Gasteiger partial charge < -0.3 is 10.4 Å². The highest BCUT2D eigenvalue weighted by Crippen LogP contribution is 2.22.